The van der Waals surface area contributed by atoms with Crippen LogP contribution in [0.4, 0.5) is 5.69 Å². The molecule has 0 unspecified atom stereocenters. The largest absolute Gasteiger partial charge is 0.352 e. The van der Waals surface area contributed by atoms with E-state index in [1.807, 2.05) is 38.1 Å². The molecule has 6 heteroatoms. The summed E-state index contributed by atoms with van der Waals surface area (Å²) in [5, 5.41) is 8.95. The second-order valence-electron chi connectivity index (χ2n) is 5.93. The highest BCUT2D eigenvalue weighted by Crippen LogP contribution is 2.20. The summed E-state index contributed by atoms with van der Waals surface area (Å²) < 4.78 is 0. The van der Waals surface area contributed by atoms with Gasteiger partial charge in [0.05, 0.1) is 0 Å². The van der Waals surface area contributed by atoms with Crippen LogP contribution in [0.5, 0.6) is 0 Å². The molecule has 1 heterocycles. The Hall–Kier alpha value is -2.37. The van der Waals surface area contributed by atoms with Crippen LogP contribution in [0.15, 0.2) is 36.4 Å². The van der Waals surface area contributed by atoms with Crippen molar-refractivity contribution in [1.29, 1.82) is 0 Å². The predicted octanol–water partition coefficient (Wildman–Crippen LogP) is 3.02. The van der Waals surface area contributed by atoms with Gasteiger partial charge >= 0.3 is 0 Å². The Morgan fingerprint density at radius 3 is 2.44 bits per heavy atom. The molecule has 1 aliphatic heterocycles. The summed E-state index contributed by atoms with van der Waals surface area (Å²) in [6.07, 6.45) is 0. The van der Waals surface area contributed by atoms with E-state index in [0.717, 1.165) is 24.2 Å². The summed E-state index contributed by atoms with van der Waals surface area (Å²) in [4.78, 5) is 24.5. The normalized spacial score (nSPS) is 12.1. The lowest BCUT2D eigenvalue weighted by atomic mass is 10.1. The molecule has 5 nitrogen and oxygen atoms in total. The number of carbonyl (C=O) groups is 2. The van der Waals surface area contributed by atoms with Crippen molar-refractivity contribution in [2.24, 2.45) is 0 Å². The van der Waals surface area contributed by atoms with Crippen molar-refractivity contribution >= 4 is 29.9 Å². The third-order valence-electron chi connectivity index (χ3n) is 4.18. The van der Waals surface area contributed by atoms with Crippen molar-refractivity contribution in [2.45, 2.75) is 26.9 Å². The first kappa shape index (κ1) is 19.0. The number of hydrogen-bond donors (Lipinski definition) is 3. The van der Waals surface area contributed by atoms with Crippen molar-refractivity contribution in [3.8, 4) is 0 Å². The number of benzene rings is 2. The highest BCUT2D eigenvalue weighted by molar-refractivity contribution is 6.05. The van der Waals surface area contributed by atoms with Crippen LogP contribution in [-0.2, 0) is 13.1 Å². The minimum absolute atomic E-state index is 0. The monoisotopic (exact) mass is 359 g/mol. The van der Waals surface area contributed by atoms with Crippen LogP contribution in [0.25, 0.3) is 0 Å². The molecule has 0 saturated heterocycles. The van der Waals surface area contributed by atoms with E-state index in [4.69, 9.17) is 0 Å². The lowest BCUT2D eigenvalue weighted by molar-refractivity contribution is 0.0954. The maximum absolute atomic E-state index is 12.5. The molecular formula is C19H22ClN3O2. The molecule has 2 aromatic rings. The van der Waals surface area contributed by atoms with Gasteiger partial charge < -0.3 is 16.0 Å². The van der Waals surface area contributed by atoms with Gasteiger partial charge in [0.25, 0.3) is 11.8 Å². The van der Waals surface area contributed by atoms with Gasteiger partial charge in [-0.3, -0.25) is 9.59 Å². The molecule has 0 atom stereocenters. The van der Waals surface area contributed by atoms with Gasteiger partial charge in [0.2, 0.25) is 0 Å². The van der Waals surface area contributed by atoms with Gasteiger partial charge in [-0.05, 0) is 54.8 Å². The highest BCUT2D eigenvalue weighted by atomic mass is 35.5. The zero-order valence-corrected chi connectivity index (χ0v) is 15.1. The van der Waals surface area contributed by atoms with E-state index >= 15 is 0 Å². The summed E-state index contributed by atoms with van der Waals surface area (Å²) in [6.45, 7) is 5.99. The molecule has 0 radical (unpaired) electrons. The van der Waals surface area contributed by atoms with Crippen LogP contribution >= 0.6 is 12.4 Å². The van der Waals surface area contributed by atoms with E-state index in [0.29, 0.717) is 23.4 Å². The molecule has 0 spiro atoms. The first-order chi connectivity index (χ1) is 11.6. The maximum atomic E-state index is 12.5. The van der Waals surface area contributed by atoms with Crippen LogP contribution in [0, 0.1) is 6.92 Å². The molecule has 3 N–H and O–H groups in total. The zero-order chi connectivity index (χ0) is 17.1. The van der Waals surface area contributed by atoms with Gasteiger partial charge in [0.15, 0.2) is 0 Å². The fraction of sp³-hybridized carbons (Fsp3) is 0.263. The number of rotatable bonds is 4. The van der Waals surface area contributed by atoms with Gasteiger partial charge in [0, 0.05) is 36.4 Å². The van der Waals surface area contributed by atoms with Crippen molar-refractivity contribution in [2.75, 3.05) is 11.9 Å². The Bertz CT molecular complexity index is 805. The maximum Gasteiger partial charge on any atom is 0.255 e. The third kappa shape index (κ3) is 4.18. The smallest absolute Gasteiger partial charge is 0.255 e. The minimum atomic E-state index is -0.166. The first-order valence-electron chi connectivity index (χ1n) is 8.11. The molecule has 0 fully saturated rings. The molecule has 0 aromatic heterocycles. The van der Waals surface area contributed by atoms with E-state index < -0.39 is 0 Å². The molecule has 0 saturated carbocycles. The number of fused-ring (bicyclic) bond motifs is 1. The van der Waals surface area contributed by atoms with Crippen LogP contribution in [0.3, 0.4) is 0 Å². The standard InChI is InChI=1S/C19H21N3O2.ClH/c1-3-21-18(23)14-5-4-12(2)17(9-14)22-19(24)13-6-7-15-10-20-11-16(15)8-13;/h4-9,20H,3,10-11H2,1-2H3,(H,21,23)(H,22,24);1H. The predicted molar refractivity (Wildman–Crippen MR) is 101 cm³/mol. The van der Waals surface area contributed by atoms with Gasteiger partial charge in [-0.25, -0.2) is 0 Å². The van der Waals surface area contributed by atoms with Crippen LogP contribution in [0.1, 0.15) is 44.3 Å². The molecular weight excluding hydrogens is 338 g/mol. The molecule has 132 valence electrons. The Morgan fingerprint density at radius 2 is 1.68 bits per heavy atom. The Labute approximate surface area is 153 Å². The summed E-state index contributed by atoms with van der Waals surface area (Å²) >= 11 is 0. The summed E-state index contributed by atoms with van der Waals surface area (Å²) in [5.74, 6) is -0.308. The number of nitrogens with one attached hydrogen (secondary N) is 3. The molecule has 0 bridgehead atoms. The number of aryl methyl sites for hydroxylation is 1. The van der Waals surface area contributed by atoms with Crippen molar-refractivity contribution in [3.63, 3.8) is 0 Å². The molecule has 2 amide bonds. The van der Waals surface area contributed by atoms with E-state index in [1.165, 1.54) is 5.56 Å². The Morgan fingerprint density at radius 1 is 1.00 bits per heavy atom. The van der Waals surface area contributed by atoms with Crippen molar-refractivity contribution in [1.82, 2.24) is 10.6 Å². The van der Waals surface area contributed by atoms with E-state index in [-0.39, 0.29) is 24.2 Å². The topological polar surface area (TPSA) is 70.2 Å². The highest BCUT2D eigenvalue weighted by Gasteiger charge is 2.15. The number of amides is 2. The number of carbonyl (C=O) groups excluding carboxylic acids is 2. The SMILES string of the molecule is CCNC(=O)c1ccc(C)c(NC(=O)c2ccc3c(c2)CNC3)c1.Cl. The van der Waals surface area contributed by atoms with Gasteiger partial charge in [-0.2, -0.15) is 0 Å². The molecule has 1 aliphatic rings. The second-order valence-corrected chi connectivity index (χ2v) is 5.93. The van der Waals surface area contributed by atoms with Crippen molar-refractivity contribution in [3.05, 3.63) is 64.2 Å². The molecule has 2 aromatic carbocycles. The molecule has 0 aliphatic carbocycles. The lowest BCUT2D eigenvalue weighted by Crippen LogP contribution is -2.23. The number of halogens is 1. The quantitative estimate of drug-likeness (QED) is 0.785. The first-order valence-corrected chi connectivity index (χ1v) is 8.11. The Balaban J connectivity index is 0.00000225. The third-order valence-corrected chi connectivity index (χ3v) is 4.18. The van der Waals surface area contributed by atoms with Crippen LogP contribution in [-0.4, -0.2) is 18.4 Å². The number of hydrogen-bond acceptors (Lipinski definition) is 3. The zero-order valence-electron chi connectivity index (χ0n) is 14.3. The Kier molecular flexibility index (Phi) is 6.17. The van der Waals surface area contributed by atoms with Crippen LogP contribution < -0.4 is 16.0 Å². The van der Waals surface area contributed by atoms with E-state index in [1.54, 1.807) is 12.1 Å². The summed E-state index contributed by atoms with van der Waals surface area (Å²) in [7, 11) is 0. The van der Waals surface area contributed by atoms with Gasteiger partial charge in [0.1, 0.15) is 0 Å². The molecule has 25 heavy (non-hydrogen) atoms. The molecule has 3 rings (SSSR count). The van der Waals surface area contributed by atoms with Crippen molar-refractivity contribution < 1.29 is 9.59 Å². The average Bonchev–Trinajstić information content (AvgIpc) is 3.04. The van der Waals surface area contributed by atoms with Gasteiger partial charge in [-0.1, -0.05) is 12.1 Å². The number of anilines is 1. The van der Waals surface area contributed by atoms with Gasteiger partial charge in [-0.15, -0.1) is 12.4 Å². The average molecular weight is 360 g/mol. The minimum Gasteiger partial charge on any atom is -0.352 e. The summed E-state index contributed by atoms with van der Waals surface area (Å²) in [6, 6.07) is 11.1. The fourth-order valence-electron chi connectivity index (χ4n) is 2.79. The van der Waals surface area contributed by atoms with E-state index in [2.05, 4.69) is 16.0 Å². The second kappa shape index (κ2) is 8.14. The fourth-order valence-corrected chi connectivity index (χ4v) is 2.79. The van der Waals surface area contributed by atoms with Crippen LogP contribution in [0.2, 0.25) is 0 Å². The summed E-state index contributed by atoms with van der Waals surface area (Å²) in [5.41, 5.74) is 5.13. The van der Waals surface area contributed by atoms with E-state index in [9.17, 15) is 9.59 Å². The lowest BCUT2D eigenvalue weighted by Gasteiger charge is -2.11.